The summed E-state index contributed by atoms with van der Waals surface area (Å²) in [5.74, 6) is 0.759. The standard InChI is InChI=1S/C16H21N3O2/c1-11(2)16(6-7-18-10-16)15(20)19-13-5-4-12(9-17)8-14(13)21-3/h4-5,8,11,18H,6-7,10H2,1-3H3,(H,19,20). The minimum Gasteiger partial charge on any atom is -0.495 e. The average Bonchev–Trinajstić information content (AvgIpc) is 2.98. The first kappa shape index (κ1) is 15.3. The van der Waals surface area contributed by atoms with E-state index in [9.17, 15) is 4.79 Å². The third kappa shape index (κ3) is 2.86. The van der Waals surface area contributed by atoms with E-state index in [2.05, 4.69) is 30.6 Å². The van der Waals surface area contributed by atoms with Crippen molar-refractivity contribution in [1.29, 1.82) is 5.26 Å². The van der Waals surface area contributed by atoms with E-state index in [4.69, 9.17) is 10.00 Å². The van der Waals surface area contributed by atoms with Crippen molar-refractivity contribution in [3.8, 4) is 11.8 Å². The third-order valence-electron chi connectivity index (χ3n) is 4.32. The minimum absolute atomic E-state index is 0.00510. The van der Waals surface area contributed by atoms with Gasteiger partial charge in [0.05, 0.1) is 29.8 Å². The zero-order chi connectivity index (χ0) is 15.5. The Morgan fingerprint density at radius 2 is 2.29 bits per heavy atom. The van der Waals surface area contributed by atoms with Crippen molar-refractivity contribution >= 4 is 11.6 Å². The fourth-order valence-corrected chi connectivity index (χ4v) is 2.77. The lowest BCUT2D eigenvalue weighted by Crippen LogP contribution is -2.42. The van der Waals surface area contributed by atoms with Crippen molar-refractivity contribution in [2.24, 2.45) is 11.3 Å². The molecular formula is C16H21N3O2. The van der Waals surface area contributed by atoms with Gasteiger partial charge in [-0.25, -0.2) is 0 Å². The van der Waals surface area contributed by atoms with E-state index in [1.807, 2.05) is 0 Å². The Morgan fingerprint density at radius 3 is 2.81 bits per heavy atom. The number of amides is 1. The molecule has 0 aliphatic carbocycles. The number of benzene rings is 1. The van der Waals surface area contributed by atoms with E-state index in [-0.39, 0.29) is 17.2 Å². The van der Waals surface area contributed by atoms with E-state index < -0.39 is 0 Å². The number of nitrogens with zero attached hydrogens (tertiary/aromatic N) is 1. The molecule has 0 saturated carbocycles. The molecule has 1 aliphatic heterocycles. The Morgan fingerprint density at radius 1 is 1.52 bits per heavy atom. The molecule has 0 aromatic heterocycles. The van der Waals surface area contributed by atoms with E-state index in [0.29, 0.717) is 23.5 Å². The Bertz CT molecular complexity index is 569. The van der Waals surface area contributed by atoms with E-state index >= 15 is 0 Å². The van der Waals surface area contributed by atoms with Crippen LogP contribution in [0.15, 0.2) is 18.2 Å². The molecule has 0 bridgehead atoms. The third-order valence-corrected chi connectivity index (χ3v) is 4.32. The average molecular weight is 287 g/mol. The van der Waals surface area contributed by atoms with Crippen LogP contribution in [0.2, 0.25) is 0 Å². The largest absolute Gasteiger partial charge is 0.495 e. The number of nitrogens with one attached hydrogen (secondary N) is 2. The van der Waals surface area contributed by atoms with Gasteiger partial charge in [0.15, 0.2) is 0 Å². The van der Waals surface area contributed by atoms with Gasteiger partial charge in [-0.05, 0) is 31.0 Å². The van der Waals surface area contributed by atoms with Crippen LogP contribution in [0.4, 0.5) is 5.69 Å². The molecule has 0 spiro atoms. The lowest BCUT2D eigenvalue weighted by molar-refractivity contribution is -0.126. The zero-order valence-corrected chi connectivity index (χ0v) is 12.7. The van der Waals surface area contributed by atoms with Crippen molar-refractivity contribution in [3.05, 3.63) is 23.8 Å². The number of rotatable bonds is 4. The molecular weight excluding hydrogens is 266 g/mol. The van der Waals surface area contributed by atoms with Crippen molar-refractivity contribution in [2.45, 2.75) is 20.3 Å². The van der Waals surface area contributed by atoms with E-state index in [1.165, 1.54) is 7.11 Å². The van der Waals surface area contributed by atoms with Crippen LogP contribution in [0, 0.1) is 22.7 Å². The molecule has 1 amide bonds. The Hall–Kier alpha value is -2.06. The van der Waals surface area contributed by atoms with Crippen LogP contribution < -0.4 is 15.4 Å². The smallest absolute Gasteiger partial charge is 0.232 e. The maximum atomic E-state index is 12.7. The highest BCUT2D eigenvalue weighted by Gasteiger charge is 2.44. The summed E-state index contributed by atoms with van der Waals surface area (Å²) in [4.78, 5) is 12.7. The molecule has 1 atom stereocenters. The van der Waals surface area contributed by atoms with Gasteiger partial charge in [0, 0.05) is 12.6 Å². The van der Waals surface area contributed by atoms with Crippen LogP contribution in [0.3, 0.4) is 0 Å². The summed E-state index contributed by atoms with van der Waals surface area (Å²) in [6.45, 7) is 5.69. The van der Waals surface area contributed by atoms with Crippen LogP contribution in [0.1, 0.15) is 25.8 Å². The summed E-state index contributed by atoms with van der Waals surface area (Å²) in [6, 6.07) is 7.08. The number of hydrogen-bond donors (Lipinski definition) is 2. The van der Waals surface area contributed by atoms with Crippen LogP contribution in [-0.4, -0.2) is 26.1 Å². The predicted octanol–water partition coefficient (Wildman–Crippen LogP) is 2.14. The molecule has 2 N–H and O–H groups in total. The molecule has 5 nitrogen and oxygen atoms in total. The second-order valence-corrected chi connectivity index (χ2v) is 5.72. The summed E-state index contributed by atoms with van der Waals surface area (Å²) in [5.41, 5.74) is 0.721. The number of carbonyl (C=O) groups excluding carboxylic acids is 1. The van der Waals surface area contributed by atoms with E-state index in [0.717, 1.165) is 13.0 Å². The number of ether oxygens (including phenoxy) is 1. The molecule has 1 saturated heterocycles. The molecule has 1 unspecified atom stereocenters. The lowest BCUT2D eigenvalue weighted by atomic mass is 9.75. The summed E-state index contributed by atoms with van der Waals surface area (Å²) in [5, 5.41) is 15.2. The van der Waals surface area contributed by atoms with Crippen LogP contribution in [0.5, 0.6) is 5.75 Å². The van der Waals surface area contributed by atoms with Gasteiger partial charge in [-0.2, -0.15) is 5.26 Å². The van der Waals surface area contributed by atoms with E-state index in [1.54, 1.807) is 18.2 Å². The van der Waals surface area contributed by atoms with Crippen molar-refractivity contribution in [3.63, 3.8) is 0 Å². The molecule has 1 fully saturated rings. The van der Waals surface area contributed by atoms with Crippen LogP contribution >= 0.6 is 0 Å². The van der Waals surface area contributed by atoms with Gasteiger partial charge in [0.2, 0.25) is 5.91 Å². The molecule has 1 heterocycles. The second kappa shape index (κ2) is 6.15. The molecule has 21 heavy (non-hydrogen) atoms. The lowest BCUT2D eigenvalue weighted by Gasteiger charge is -2.31. The van der Waals surface area contributed by atoms with Gasteiger partial charge < -0.3 is 15.4 Å². The number of anilines is 1. The normalized spacial score (nSPS) is 21.1. The zero-order valence-electron chi connectivity index (χ0n) is 12.7. The van der Waals surface area contributed by atoms with Gasteiger partial charge in [-0.3, -0.25) is 4.79 Å². The Labute approximate surface area is 125 Å². The van der Waals surface area contributed by atoms with Gasteiger partial charge >= 0.3 is 0 Å². The van der Waals surface area contributed by atoms with Gasteiger partial charge in [0.1, 0.15) is 5.75 Å². The summed E-state index contributed by atoms with van der Waals surface area (Å²) in [6.07, 6.45) is 0.828. The van der Waals surface area contributed by atoms with Crippen molar-refractivity contribution in [1.82, 2.24) is 5.32 Å². The maximum Gasteiger partial charge on any atom is 0.232 e. The predicted molar refractivity (Wildman–Crippen MR) is 81.1 cm³/mol. The number of carbonyl (C=O) groups is 1. The number of methoxy groups -OCH3 is 1. The Kier molecular flexibility index (Phi) is 4.49. The second-order valence-electron chi connectivity index (χ2n) is 5.72. The fourth-order valence-electron chi connectivity index (χ4n) is 2.77. The summed E-state index contributed by atoms with van der Waals surface area (Å²) < 4.78 is 5.26. The SMILES string of the molecule is COc1cc(C#N)ccc1NC(=O)C1(C(C)C)CCNC1. The van der Waals surface area contributed by atoms with Gasteiger partial charge in [-0.1, -0.05) is 13.8 Å². The van der Waals surface area contributed by atoms with Gasteiger partial charge in [0.25, 0.3) is 0 Å². The van der Waals surface area contributed by atoms with Crippen LogP contribution in [0.25, 0.3) is 0 Å². The van der Waals surface area contributed by atoms with Gasteiger partial charge in [-0.15, -0.1) is 0 Å². The highest BCUT2D eigenvalue weighted by atomic mass is 16.5. The van der Waals surface area contributed by atoms with Crippen molar-refractivity contribution in [2.75, 3.05) is 25.5 Å². The molecule has 1 aromatic rings. The summed E-state index contributed by atoms with van der Waals surface area (Å²) >= 11 is 0. The summed E-state index contributed by atoms with van der Waals surface area (Å²) in [7, 11) is 1.53. The van der Waals surface area contributed by atoms with Crippen LogP contribution in [-0.2, 0) is 4.79 Å². The minimum atomic E-state index is -0.390. The highest BCUT2D eigenvalue weighted by molar-refractivity contribution is 5.97. The first-order chi connectivity index (χ1) is 10.0. The first-order valence-corrected chi connectivity index (χ1v) is 7.14. The van der Waals surface area contributed by atoms with Crippen molar-refractivity contribution < 1.29 is 9.53 Å². The molecule has 0 radical (unpaired) electrons. The highest BCUT2D eigenvalue weighted by Crippen LogP contribution is 2.36. The first-order valence-electron chi connectivity index (χ1n) is 7.14. The number of hydrogen-bond acceptors (Lipinski definition) is 4. The fraction of sp³-hybridized carbons (Fsp3) is 0.500. The maximum absolute atomic E-state index is 12.7. The molecule has 1 aromatic carbocycles. The molecule has 1 aliphatic rings. The molecule has 2 rings (SSSR count). The Balaban J connectivity index is 2.25. The number of nitriles is 1. The molecule has 5 heteroatoms. The quantitative estimate of drug-likeness (QED) is 0.889. The monoisotopic (exact) mass is 287 g/mol. The topological polar surface area (TPSA) is 74.1 Å². The molecule has 112 valence electrons.